The van der Waals surface area contributed by atoms with Crippen molar-refractivity contribution in [1.29, 1.82) is 5.41 Å². The molecule has 2 aromatic carbocycles. The molecular formula is C31H34N4O5. The highest BCUT2D eigenvalue weighted by molar-refractivity contribution is 6.08. The van der Waals surface area contributed by atoms with Crippen LogP contribution in [0.15, 0.2) is 66.1 Å². The lowest BCUT2D eigenvalue weighted by molar-refractivity contribution is -0.132. The van der Waals surface area contributed by atoms with Crippen molar-refractivity contribution < 1.29 is 24.1 Å². The first-order chi connectivity index (χ1) is 19.5. The van der Waals surface area contributed by atoms with Gasteiger partial charge in [0.05, 0.1) is 12.8 Å². The number of ether oxygens (including phenoxy) is 3. The number of para-hydroxylation sites is 1. The van der Waals surface area contributed by atoms with Crippen molar-refractivity contribution in [3.8, 4) is 17.0 Å². The number of benzene rings is 2. The minimum Gasteiger partial charge on any atom is -0.488 e. The lowest BCUT2D eigenvalue weighted by Gasteiger charge is -2.30. The van der Waals surface area contributed by atoms with Crippen LogP contribution in [0.25, 0.3) is 11.3 Å². The Balaban J connectivity index is 1.33. The number of carbonyl (C=O) groups is 1. The van der Waals surface area contributed by atoms with Crippen molar-refractivity contribution in [2.75, 3.05) is 25.6 Å². The van der Waals surface area contributed by atoms with Gasteiger partial charge in [-0.1, -0.05) is 36.4 Å². The molecule has 3 heterocycles. The first kappa shape index (κ1) is 27.4. The number of carboxylic acids is 1. The molecule has 3 aromatic rings. The van der Waals surface area contributed by atoms with Gasteiger partial charge in [0.25, 0.3) is 0 Å². The van der Waals surface area contributed by atoms with Gasteiger partial charge in [-0.05, 0) is 60.2 Å². The minimum absolute atomic E-state index is 0.0696. The van der Waals surface area contributed by atoms with E-state index in [4.69, 9.17) is 19.6 Å². The van der Waals surface area contributed by atoms with Crippen LogP contribution in [0.2, 0.25) is 0 Å². The van der Waals surface area contributed by atoms with Gasteiger partial charge in [-0.3, -0.25) is 4.90 Å². The Morgan fingerprint density at radius 3 is 2.67 bits per heavy atom. The highest BCUT2D eigenvalue weighted by atomic mass is 16.5. The van der Waals surface area contributed by atoms with Crippen LogP contribution in [0.1, 0.15) is 35.1 Å². The van der Waals surface area contributed by atoms with E-state index in [0.29, 0.717) is 24.2 Å². The monoisotopic (exact) mass is 542 g/mol. The van der Waals surface area contributed by atoms with Crippen molar-refractivity contribution in [2.45, 2.75) is 45.5 Å². The van der Waals surface area contributed by atoms with E-state index in [2.05, 4.69) is 33.4 Å². The molecule has 9 heteroatoms. The van der Waals surface area contributed by atoms with E-state index in [9.17, 15) is 9.90 Å². The number of hydrogen-bond donors (Lipinski definition) is 3. The van der Waals surface area contributed by atoms with Crippen molar-refractivity contribution >= 4 is 18.0 Å². The zero-order valence-electron chi connectivity index (χ0n) is 22.8. The molecule has 0 aliphatic carbocycles. The fourth-order valence-electron chi connectivity index (χ4n) is 5.30. The van der Waals surface area contributed by atoms with Crippen molar-refractivity contribution in [3.63, 3.8) is 0 Å². The highest BCUT2D eigenvalue weighted by Crippen LogP contribution is 2.34. The predicted octanol–water partition coefficient (Wildman–Crippen LogP) is 5.13. The third-order valence-electron chi connectivity index (χ3n) is 7.41. The second-order valence-corrected chi connectivity index (χ2v) is 10.0. The summed E-state index contributed by atoms with van der Waals surface area (Å²) in [6.45, 7) is 6.09. The van der Waals surface area contributed by atoms with E-state index in [1.54, 1.807) is 6.07 Å². The van der Waals surface area contributed by atoms with Gasteiger partial charge >= 0.3 is 5.97 Å². The van der Waals surface area contributed by atoms with E-state index in [-0.39, 0.29) is 11.5 Å². The molecule has 9 nitrogen and oxygen atoms in total. The molecule has 0 spiro atoms. The van der Waals surface area contributed by atoms with Crippen molar-refractivity contribution in [3.05, 3.63) is 88.3 Å². The molecule has 2 aliphatic rings. The Morgan fingerprint density at radius 2 is 1.93 bits per heavy atom. The third-order valence-corrected chi connectivity index (χ3v) is 7.41. The summed E-state index contributed by atoms with van der Waals surface area (Å²) in [7, 11) is 1.34. The Morgan fingerprint density at radius 1 is 1.15 bits per heavy atom. The summed E-state index contributed by atoms with van der Waals surface area (Å²) in [6.07, 6.45) is 2.92. The van der Waals surface area contributed by atoms with Crippen LogP contribution in [0.5, 0.6) is 5.75 Å². The van der Waals surface area contributed by atoms with Crippen molar-refractivity contribution in [2.24, 2.45) is 0 Å². The number of anilines is 1. The average molecular weight is 543 g/mol. The molecular weight excluding hydrogens is 508 g/mol. The smallest absolute Gasteiger partial charge is 0.342 e. The number of nitrogens with one attached hydrogen (secondary N) is 2. The van der Waals surface area contributed by atoms with Gasteiger partial charge in [0.1, 0.15) is 23.7 Å². The maximum atomic E-state index is 11.5. The van der Waals surface area contributed by atoms with Crippen LogP contribution in [0, 0.1) is 12.3 Å². The maximum Gasteiger partial charge on any atom is 0.342 e. The maximum absolute atomic E-state index is 11.5. The normalized spacial score (nSPS) is 16.1. The first-order valence-corrected chi connectivity index (χ1v) is 13.4. The molecule has 0 bridgehead atoms. The number of aromatic nitrogens is 1. The fourth-order valence-corrected chi connectivity index (χ4v) is 5.30. The zero-order valence-corrected chi connectivity index (χ0v) is 22.8. The van der Waals surface area contributed by atoms with E-state index >= 15 is 0 Å². The Bertz CT molecular complexity index is 1430. The second kappa shape index (κ2) is 12.3. The highest BCUT2D eigenvalue weighted by Gasteiger charge is 2.27. The summed E-state index contributed by atoms with van der Waals surface area (Å²) < 4.78 is 17.1. The lowest BCUT2D eigenvalue weighted by atomic mass is 10.1. The third kappa shape index (κ3) is 6.00. The van der Waals surface area contributed by atoms with E-state index in [1.807, 2.05) is 37.3 Å². The molecule has 1 aromatic heterocycles. The summed E-state index contributed by atoms with van der Waals surface area (Å²) in [5, 5.41) is 19.6. The van der Waals surface area contributed by atoms with Gasteiger partial charge in [-0.2, -0.15) is 0 Å². The fraction of sp³-hybridized carbons (Fsp3) is 0.323. The van der Waals surface area contributed by atoms with Crippen LogP contribution >= 0.6 is 0 Å². The van der Waals surface area contributed by atoms with Gasteiger partial charge in [0, 0.05) is 44.1 Å². The van der Waals surface area contributed by atoms with Crippen LogP contribution in [0.4, 0.5) is 5.82 Å². The SMILES string of the molecule is CO/C(Nc1cccc(-c2cccc(C)c2OCc2ccc3c(c2)CN(C2CCOCC2)C3)n1)=C(/C=N)C(=O)O. The van der Waals surface area contributed by atoms with Crippen LogP contribution < -0.4 is 10.1 Å². The molecule has 40 heavy (non-hydrogen) atoms. The Hall–Kier alpha value is -4.21. The minimum atomic E-state index is -1.27. The van der Waals surface area contributed by atoms with Crippen LogP contribution in [-0.4, -0.2) is 53.5 Å². The standard InChI is InChI=1S/C31H34N4O5/c1-20-5-3-6-25(27-7-4-8-28(33-27)34-30(38-2)26(16-32)31(36)37)29(20)40-19-21-9-10-22-17-35(18-23(22)15-21)24-11-13-39-14-12-24/h3-10,15-16,24,32H,11-14,17-19H2,1-2H3,(H,33,34)(H,36,37)/b30-26-,32-16?. The van der Waals surface area contributed by atoms with Gasteiger partial charge in [0.15, 0.2) is 0 Å². The van der Waals surface area contributed by atoms with E-state index in [1.165, 1.54) is 18.2 Å². The van der Waals surface area contributed by atoms with Gasteiger partial charge in [0.2, 0.25) is 5.88 Å². The molecule has 1 saturated heterocycles. The number of hydrogen-bond acceptors (Lipinski definition) is 8. The molecule has 0 unspecified atom stereocenters. The van der Waals surface area contributed by atoms with E-state index < -0.39 is 5.97 Å². The predicted molar refractivity (Wildman–Crippen MR) is 152 cm³/mol. The summed E-state index contributed by atoms with van der Waals surface area (Å²) in [6, 6.07) is 18.5. The number of carboxylic acid groups (broad SMARTS) is 1. The number of pyridine rings is 1. The first-order valence-electron chi connectivity index (χ1n) is 13.4. The number of nitrogens with zero attached hydrogens (tertiary/aromatic N) is 2. The van der Waals surface area contributed by atoms with Crippen LogP contribution in [0.3, 0.4) is 0 Å². The summed E-state index contributed by atoms with van der Waals surface area (Å²) >= 11 is 0. The number of rotatable bonds is 10. The number of fused-ring (bicyclic) bond motifs is 1. The molecule has 1 fully saturated rings. The molecule has 0 saturated carbocycles. The summed E-state index contributed by atoms with van der Waals surface area (Å²) in [4.78, 5) is 18.7. The number of aryl methyl sites for hydroxylation is 1. The quantitative estimate of drug-likeness (QED) is 0.183. The largest absolute Gasteiger partial charge is 0.488 e. The van der Waals surface area contributed by atoms with Crippen LogP contribution in [-0.2, 0) is 34.0 Å². The average Bonchev–Trinajstić information content (AvgIpc) is 3.40. The lowest BCUT2D eigenvalue weighted by Crippen LogP contribution is -2.35. The molecule has 3 N–H and O–H groups in total. The topological polar surface area (TPSA) is 117 Å². The van der Waals surface area contributed by atoms with E-state index in [0.717, 1.165) is 67.8 Å². The summed E-state index contributed by atoms with van der Waals surface area (Å²) in [5.74, 6) is -0.215. The zero-order chi connectivity index (χ0) is 28.1. The molecule has 5 rings (SSSR count). The van der Waals surface area contributed by atoms with Gasteiger partial charge < -0.3 is 30.0 Å². The number of aliphatic carboxylic acids is 1. The molecule has 0 radical (unpaired) electrons. The molecule has 208 valence electrons. The molecule has 2 aliphatic heterocycles. The van der Waals surface area contributed by atoms with Gasteiger partial charge in [-0.15, -0.1) is 0 Å². The summed E-state index contributed by atoms with van der Waals surface area (Å²) in [5.41, 5.74) is 6.03. The van der Waals surface area contributed by atoms with Gasteiger partial charge in [-0.25, -0.2) is 9.78 Å². The second-order valence-electron chi connectivity index (χ2n) is 10.0. The Labute approximate surface area is 233 Å². The number of methoxy groups -OCH3 is 1. The van der Waals surface area contributed by atoms with Crippen molar-refractivity contribution in [1.82, 2.24) is 9.88 Å². The Kier molecular flexibility index (Phi) is 8.42. The molecule has 0 amide bonds. The molecule has 0 atom stereocenters.